The molecule has 1 aliphatic heterocycles. The second-order valence-corrected chi connectivity index (χ2v) is 6.89. The Hall–Kier alpha value is -3.56. The Kier molecular flexibility index (Phi) is 4.84. The number of fused-ring (bicyclic) bond motifs is 1. The van der Waals surface area contributed by atoms with Gasteiger partial charge >= 0.3 is 6.18 Å². The number of amides is 2. The molecule has 7 nitrogen and oxygen atoms in total. The van der Waals surface area contributed by atoms with Crippen LogP contribution in [0.25, 0.3) is 11.0 Å². The molecule has 2 N–H and O–H groups in total. The van der Waals surface area contributed by atoms with Gasteiger partial charge in [-0.2, -0.15) is 13.2 Å². The van der Waals surface area contributed by atoms with Crippen molar-refractivity contribution in [3.8, 4) is 5.75 Å². The first-order valence-corrected chi connectivity index (χ1v) is 9.07. The van der Waals surface area contributed by atoms with Crippen LogP contribution in [0.2, 0.25) is 0 Å². The van der Waals surface area contributed by atoms with E-state index in [0.29, 0.717) is 18.0 Å². The summed E-state index contributed by atoms with van der Waals surface area (Å²) in [7, 11) is 1.55. The molecular formula is C20H17F3N4O3. The fraction of sp³-hybridized carbons (Fsp3) is 0.250. The van der Waals surface area contributed by atoms with Gasteiger partial charge < -0.3 is 19.9 Å². The predicted molar refractivity (Wildman–Crippen MR) is 102 cm³/mol. The Morgan fingerprint density at radius 3 is 2.63 bits per heavy atom. The van der Waals surface area contributed by atoms with E-state index in [9.17, 15) is 22.8 Å². The minimum atomic E-state index is -4.60. The smallest absolute Gasteiger partial charge is 0.449 e. The number of nitrogens with one attached hydrogen (secondary N) is 2. The number of methoxy groups -OCH3 is 1. The quantitative estimate of drug-likeness (QED) is 0.682. The number of aromatic amines is 1. The molecule has 0 saturated carbocycles. The zero-order valence-corrected chi connectivity index (χ0v) is 15.8. The Bertz CT molecular complexity index is 1110. The van der Waals surface area contributed by atoms with Gasteiger partial charge in [-0.3, -0.25) is 9.59 Å². The van der Waals surface area contributed by atoms with Gasteiger partial charge in [-0.1, -0.05) is 0 Å². The maximum atomic E-state index is 12.8. The van der Waals surface area contributed by atoms with Crippen LogP contribution in [0.1, 0.15) is 22.6 Å². The number of halogens is 3. The zero-order valence-electron chi connectivity index (χ0n) is 15.8. The molecular weight excluding hydrogens is 401 g/mol. The van der Waals surface area contributed by atoms with Gasteiger partial charge in [0.2, 0.25) is 11.7 Å². The molecule has 156 valence electrons. The Morgan fingerprint density at radius 2 is 1.97 bits per heavy atom. The monoisotopic (exact) mass is 418 g/mol. The van der Waals surface area contributed by atoms with Gasteiger partial charge in [0, 0.05) is 24.2 Å². The summed E-state index contributed by atoms with van der Waals surface area (Å²) in [6.07, 6.45) is -4.47. The number of hydrogen-bond donors (Lipinski definition) is 2. The lowest BCUT2D eigenvalue weighted by Crippen LogP contribution is -2.37. The average Bonchev–Trinajstić information content (AvgIpc) is 3.30. The van der Waals surface area contributed by atoms with Crippen molar-refractivity contribution in [3.05, 3.63) is 53.9 Å². The number of H-pyrrole nitrogens is 1. The van der Waals surface area contributed by atoms with Crippen LogP contribution in [0.4, 0.5) is 18.9 Å². The summed E-state index contributed by atoms with van der Waals surface area (Å²) in [4.78, 5) is 32.1. The summed E-state index contributed by atoms with van der Waals surface area (Å²) in [5.41, 5.74) is 1.09. The highest BCUT2D eigenvalue weighted by Gasteiger charge is 2.35. The van der Waals surface area contributed by atoms with E-state index < -0.39 is 23.9 Å². The summed E-state index contributed by atoms with van der Waals surface area (Å²) in [5.74, 6) is -1.07. The third-order valence-electron chi connectivity index (χ3n) is 4.86. The number of aromatic nitrogens is 2. The number of benzene rings is 2. The molecule has 1 aliphatic rings. The van der Waals surface area contributed by atoms with Crippen LogP contribution < -0.4 is 15.0 Å². The van der Waals surface area contributed by atoms with E-state index in [1.165, 1.54) is 18.2 Å². The van der Waals surface area contributed by atoms with Crippen LogP contribution in [0, 0.1) is 0 Å². The van der Waals surface area contributed by atoms with Crippen LogP contribution in [0.5, 0.6) is 5.75 Å². The van der Waals surface area contributed by atoms with Crippen molar-refractivity contribution >= 4 is 28.5 Å². The van der Waals surface area contributed by atoms with Gasteiger partial charge in [-0.15, -0.1) is 0 Å². The lowest BCUT2D eigenvalue weighted by Gasteiger charge is -2.17. The molecule has 30 heavy (non-hydrogen) atoms. The van der Waals surface area contributed by atoms with Crippen molar-refractivity contribution < 1.29 is 27.5 Å². The number of carbonyl (C=O) groups is 2. The SMILES string of the molecule is COc1ccc(N2C[C@@H](NC(=O)c3ccc4nc(C(F)(F)F)[nH]c4c3)CC2=O)cc1. The van der Waals surface area contributed by atoms with Gasteiger partial charge in [0.05, 0.1) is 24.2 Å². The van der Waals surface area contributed by atoms with E-state index in [2.05, 4.69) is 15.3 Å². The topological polar surface area (TPSA) is 87.3 Å². The average molecular weight is 418 g/mol. The first-order valence-electron chi connectivity index (χ1n) is 9.07. The summed E-state index contributed by atoms with van der Waals surface area (Å²) >= 11 is 0. The van der Waals surface area contributed by atoms with Crippen molar-refractivity contribution in [2.75, 3.05) is 18.6 Å². The van der Waals surface area contributed by atoms with Gasteiger partial charge in [-0.25, -0.2) is 4.98 Å². The number of anilines is 1. The summed E-state index contributed by atoms with van der Waals surface area (Å²) in [6, 6.07) is 10.6. The third-order valence-corrected chi connectivity index (χ3v) is 4.86. The molecule has 0 bridgehead atoms. The van der Waals surface area contributed by atoms with Crippen LogP contribution >= 0.6 is 0 Å². The minimum Gasteiger partial charge on any atom is -0.497 e. The van der Waals surface area contributed by atoms with Crippen LogP contribution in [0.15, 0.2) is 42.5 Å². The Labute approximate surface area is 168 Å². The molecule has 0 radical (unpaired) electrons. The lowest BCUT2D eigenvalue weighted by atomic mass is 10.1. The number of imidazole rings is 1. The molecule has 2 aromatic carbocycles. The maximum Gasteiger partial charge on any atom is 0.449 e. The molecule has 2 heterocycles. The second-order valence-electron chi connectivity index (χ2n) is 6.89. The largest absolute Gasteiger partial charge is 0.497 e. The third kappa shape index (κ3) is 3.80. The van der Waals surface area contributed by atoms with Crippen molar-refractivity contribution in [1.82, 2.24) is 15.3 Å². The number of ether oxygens (including phenoxy) is 1. The van der Waals surface area contributed by atoms with Crippen molar-refractivity contribution in [2.24, 2.45) is 0 Å². The predicted octanol–water partition coefficient (Wildman–Crippen LogP) is 3.13. The van der Waals surface area contributed by atoms with E-state index in [1.54, 1.807) is 36.3 Å². The molecule has 0 spiro atoms. The second kappa shape index (κ2) is 7.36. The Morgan fingerprint density at radius 1 is 1.23 bits per heavy atom. The minimum absolute atomic E-state index is 0.109. The number of nitrogens with zero attached hydrogens (tertiary/aromatic N) is 2. The first-order chi connectivity index (χ1) is 14.2. The van der Waals surface area contributed by atoms with E-state index in [4.69, 9.17) is 4.74 Å². The maximum absolute atomic E-state index is 12.8. The fourth-order valence-electron chi connectivity index (χ4n) is 3.37. The molecule has 10 heteroatoms. The molecule has 1 aromatic heterocycles. The number of carbonyl (C=O) groups excluding carboxylic acids is 2. The van der Waals surface area contributed by atoms with Crippen LogP contribution in [-0.2, 0) is 11.0 Å². The first kappa shape index (κ1) is 19.7. The highest BCUT2D eigenvalue weighted by atomic mass is 19.4. The number of hydrogen-bond acceptors (Lipinski definition) is 4. The molecule has 4 rings (SSSR count). The zero-order chi connectivity index (χ0) is 21.5. The standard InChI is InChI=1S/C20H17F3N4O3/c1-30-14-5-3-13(4-6-14)27-10-12(9-17(27)28)24-18(29)11-2-7-15-16(8-11)26-19(25-15)20(21,22)23/h2-8,12H,9-10H2,1H3,(H,24,29)(H,25,26)/t12-/m0/s1. The molecule has 3 aromatic rings. The van der Waals surface area contributed by atoms with E-state index in [0.717, 1.165) is 0 Å². The van der Waals surface area contributed by atoms with Crippen molar-refractivity contribution in [1.29, 1.82) is 0 Å². The van der Waals surface area contributed by atoms with Crippen LogP contribution in [-0.4, -0.2) is 41.5 Å². The molecule has 0 unspecified atom stereocenters. The lowest BCUT2D eigenvalue weighted by molar-refractivity contribution is -0.144. The molecule has 1 fully saturated rings. The van der Waals surface area contributed by atoms with Gasteiger partial charge in [-0.05, 0) is 42.5 Å². The fourth-order valence-corrected chi connectivity index (χ4v) is 3.37. The van der Waals surface area contributed by atoms with E-state index in [-0.39, 0.29) is 28.9 Å². The van der Waals surface area contributed by atoms with Gasteiger partial charge in [0.1, 0.15) is 5.75 Å². The van der Waals surface area contributed by atoms with E-state index >= 15 is 0 Å². The molecule has 0 aliphatic carbocycles. The molecule has 1 saturated heterocycles. The normalized spacial score (nSPS) is 16.9. The van der Waals surface area contributed by atoms with Gasteiger partial charge in [0.15, 0.2) is 0 Å². The summed E-state index contributed by atoms with van der Waals surface area (Å²) in [6.45, 7) is 0.293. The molecule has 1 atom stereocenters. The number of alkyl halides is 3. The van der Waals surface area contributed by atoms with E-state index in [1.807, 2.05) is 0 Å². The van der Waals surface area contributed by atoms with Crippen molar-refractivity contribution in [3.63, 3.8) is 0 Å². The van der Waals surface area contributed by atoms with Gasteiger partial charge in [0.25, 0.3) is 5.91 Å². The number of rotatable bonds is 4. The van der Waals surface area contributed by atoms with Crippen LogP contribution in [0.3, 0.4) is 0 Å². The summed E-state index contributed by atoms with van der Waals surface area (Å²) in [5, 5.41) is 2.77. The van der Waals surface area contributed by atoms with Crippen molar-refractivity contribution in [2.45, 2.75) is 18.6 Å². The highest BCUT2D eigenvalue weighted by Crippen LogP contribution is 2.29. The molecule has 2 amide bonds. The highest BCUT2D eigenvalue weighted by molar-refractivity contribution is 6.00. The summed E-state index contributed by atoms with van der Waals surface area (Å²) < 4.78 is 43.5. The Balaban J connectivity index is 1.46.